The summed E-state index contributed by atoms with van der Waals surface area (Å²) in [6, 6.07) is 0. The molecule has 0 radical (unpaired) electrons. The fourth-order valence-corrected chi connectivity index (χ4v) is 12.4. The fraction of sp³-hybridized carbons (Fsp3) is 0.900. The summed E-state index contributed by atoms with van der Waals surface area (Å²) >= 11 is 0. The van der Waals surface area contributed by atoms with E-state index in [0.717, 1.165) is 77.0 Å². The van der Waals surface area contributed by atoms with Crippen molar-refractivity contribution in [3.05, 3.63) is 0 Å². The first-order valence-electron chi connectivity index (χ1n) is 19.8. The van der Waals surface area contributed by atoms with Crippen LogP contribution in [-0.4, -0.2) is 75.7 Å². The molecule has 0 aromatic rings. The largest absolute Gasteiger partial charge is 0.465 e. The summed E-state index contributed by atoms with van der Waals surface area (Å²) < 4.78 is 36.3. The summed E-state index contributed by atoms with van der Waals surface area (Å²) in [6.07, 6.45) is 10.9. The van der Waals surface area contributed by atoms with E-state index in [9.17, 15) is 19.2 Å². The van der Waals surface area contributed by atoms with Crippen LogP contribution in [0.15, 0.2) is 0 Å². The highest BCUT2D eigenvalue weighted by Crippen LogP contribution is 2.61. The average Bonchev–Trinajstić information content (AvgIpc) is 3.71. The van der Waals surface area contributed by atoms with E-state index in [1.54, 1.807) is 0 Å². The van der Waals surface area contributed by atoms with Gasteiger partial charge in [-0.15, -0.1) is 0 Å². The predicted octanol–water partition coefficient (Wildman–Crippen LogP) is 6.21. The SMILES string of the molecule is CC12CCCC3(C)C(CCCC13)COC(C1CCOC1=O)C(=O)OCC1(C)CCCC3(C)C(CCCC13)COC(C1CCOC1=O)C(=O)OC2. The van der Waals surface area contributed by atoms with Gasteiger partial charge in [0.15, 0.2) is 12.2 Å². The molecule has 7 rings (SSSR count). The van der Waals surface area contributed by atoms with Crippen LogP contribution in [0.25, 0.3) is 0 Å². The fourth-order valence-electron chi connectivity index (χ4n) is 12.4. The minimum absolute atomic E-state index is 0.0915. The van der Waals surface area contributed by atoms with Crippen molar-refractivity contribution in [3.8, 4) is 0 Å². The summed E-state index contributed by atoms with van der Waals surface area (Å²) in [5.74, 6) is -2.06. The Morgan fingerprint density at radius 1 is 0.480 bits per heavy atom. The Morgan fingerprint density at radius 2 is 0.900 bits per heavy atom. The van der Waals surface area contributed by atoms with Gasteiger partial charge < -0.3 is 28.4 Å². The lowest BCUT2D eigenvalue weighted by Crippen LogP contribution is -2.54. The van der Waals surface area contributed by atoms with Gasteiger partial charge in [-0.2, -0.15) is 0 Å². The van der Waals surface area contributed by atoms with Crippen molar-refractivity contribution in [2.24, 2.45) is 57.2 Å². The number of rotatable bonds is 2. The second-order valence-electron chi connectivity index (χ2n) is 18.2. The summed E-state index contributed by atoms with van der Waals surface area (Å²) in [5, 5.41) is 0. The zero-order valence-electron chi connectivity index (χ0n) is 30.8. The van der Waals surface area contributed by atoms with Crippen LogP contribution in [0.2, 0.25) is 0 Å². The Bertz CT molecular complexity index is 1220. The standard InChI is InChI=1S/C40H60O10/c1-37-15-7-17-39(3)25(9-5-11-29(37)39)21-47-32(28-14-20-46-34(28)42)36(44)50-24-38(2)16-8-18-40(4)26(10-6-12-30(38)40)22-48-31(35(43)49-23-37)27-13-19-45-33(27)41/h25-32H,5-24H2,1-4H3. The topological polar surface area (TPSA) is 124 Å². The van der Waals surface area contributed by atoms with Crippen LogP contribution < -0.4 is 0 Å². The molecule has 280 valence electrons. The lowest BCUT2D eigenvalue weighted by molar-refractivity contribution is -0.189. The lowest BCUT2D eigenvalue weighted by Gasteiger charge is -2.58. The molecular weight excluding hydrogens is 640 g/mol. The van der Waals surface area contributed by atoms with Gasteiger partial charge in [0.2, 0.25) is 0 Å². The maximum absolute atomic E-state index is 14.1. The maximum Gasteiger partial charge on any atom is 0.336 e. The van der Waals surface area contributed by atoms with Crippen LogP contribution >= 0.6 is 0 Å². The second kappa shape index (κ2) is 14.0. The molecule has 3 heterocycles. The van der Waals surface area contributed by atoms with Crippen LogP contribution in [0.3, 0.4) is 0 Å². The average molecular weight is 701 g/mol. The first-order valence-corrected chi connectivity index (χ1v) is 19.8. The lowest BCUT2D eigenvalue weighted by atomic mass is 9.48. The van der Waals surface area contributed by atoms with Crippen LogP contribution in [0.1, 0.15) is 118 Å². The van der Waals surface area contributed by atoms with E-state index in [4.69, 9.17) is 28.4 Å². The van der Waals surface area contributed by atoms with Gasteiger partial charge in [-0.25, -0.2) is 9.59 Å². The van der Waals surface area contributed by atoms with Crippen LogP contribution in [0.4, 0.5) is 0 Å². The third-order valence-corrected chi connectivity index (χ3v) is 15.3. The molecule has 0 aromatic heterocycles. The summed E-state index contributed by atoms with van der Waals surface area (Å²) in [6.45, 7) is 11.0. The number of hydrogen-bond donors (Lipinski definition) is 0. The highest BCUT2D eigenvalue weighted by atomic mass is 16.6. The molecule has 3 saturated heterocycles. The Morgan fingerprint density at radius 3 is 1.28 bits per heavy atom. The van der Waals surface area contributed by atoms with Crippen molar-refractivity contribution in [2.75, 3.05) is 39.6 Å². The van der Waals surface area contributed by atoms with Crippen LogP contribution in [-0.2, 0) is 47.6 Å². The Hall–Kier alpha value is -2.20. The van der Waals surface area contributed by atoms with Crippen molar-refractivity contribution in [3.63, 3.8) is 0 Å². The molecule has 7 fully saturated rings. The van der Waals surface area contributed by atoms with Gasteiger partial charge in [0.1, 0.15) is 0 Å². The van der Waals surface area contributed by atoms with Crippen molar-refractivity contribution in [1.29, 1.82) is 0 Å². The number of ether oxygens (including phenoxy) is 6. The Labute approximate surface area is 297 Å². The summed E-state index contributed by atoms with van der Waals surface area (Å²) in [7, 11) is 0. The minimum atomic E-state index is -0.985. The molecule has 0 spiro atoms. The van der Waals surface area contributed by atoms with E-state index >= 15 is 0 Å². The quantitative estimate of drug-likeness (QED) is 0.243. The monoisotopic (exact) mass is 700 g/mol. The maximum atomic E-state index is 14.1. The molecular formula is C40H60O10. The van der Waals surface area contributed by atoms with Gasteiger partial charge in [0, 0.05) is 10.8 Å². The first kappa shape index (κ1) is 36.2. The van der Waals surface area contributed by atoms with Gasteiger partial charge in [0.05, 0.1) is 51.5 Å². The Kier molecular flexibility index (Phi) is 10.1. The number of esters is 4. The van der Waals surface area contributed by atoms with E-state index in [0.29, 0.717) is 39.3 Å². The van der Waals surface area contributed by atoms with Crippen molar-refractivity contribution < 1.29 is 47.6 Å². The predicted molar refractivity (Wildman–Crippen MR) is 181 cm³/mol. The smallest absolute Gasteiger partial charge is 0.336 e. The molecule has 3 aliphatic heterocycles. The van der Waals surface area contributed by atoms with E-state index in [-0.39, 0.29) is 70.5 Å². The molecule has 10 nitrogen and oxygen atoms in total. The number of carbonyl (C=O) groups is 4. The molecule has 12 atom stereocenters. The van der Waals surface area contributed by atoms with Crippen LogP contribution in [0, 0.1) is 57.2 Å². The molecule has 0 N–H and O–H groups in total. The highest BCUT2D eigenvalue weighted by molar-refractivity contribution is 5.85. The van der Waals surface area contributed by atoms with Crippen molar-refractivity contribution in [1.82, 2.24) is 0 Å². The summed E-state index contributed by atoms with van der Waals surface area (Å²) in [5.41, 5.74) is -0.697. The van der Waals surface area contributed by atoms with E-state index in [2.05, 4.69) is 27.7 Å². The molecule has 4 saturated carbocycles. The molecule has 7 aliphatic rings. The molecule has 4 aliphatic carbocycles. The molecule has 8 bridgehead atoms. The first-order chi connectivity index (χ1) is 23.9. The molecule has 12 unspecified atom stereocenters. The van der Waals surface area contributed by atoms with Crippen molar-refractivity contribution >= 4 is 23.9 Å². The second-order valence-corrected chi connectivity index (χ2v) is 18.2. The number of cyclic esters (lactones) is 4. The third kappa shape index (κ3) is 6.40. The minimum Gasteiger partial charge on any atom is -0.465 e. The van der Waals surface area contributed by atoms with E-state index in [1.165, 1.54) is 0 Å². The van der Waals surface area contributed by atoms with Crippen LogP contribution in [0.5, 0.6) is 0 Å². The Balaban J connectivity index is 1.21. The van der Waals surface area contributed by atoms with Crippen molar-refractivity contribution in [2.45, 2.75) is 130 Å². The summed E-state index contributed by atoms with van der Waals surface area (Å²) in [4.78, 5) is 53.9. The third-order valence-electron chi connectivity index (χ3n) is 15.3. The molecule has 0 amide bonds. The number of carbonyl (C=O) groups excluding carboxylic acids is 4. The van der Waals surface area contributed by atoms with Gasteiger partial charge >= 0.3 is 23.9 Å². The van der Waals surface area contributed by atoms with Gasteiger partial charge in [-0.05, 0) is 98.7 Å². The number of hydrogen-bond acceptors (Lipinski definition) is 10. The van der Waals surface area contributed by atoms with E-state index in [1.807, 2.05) is 0 Å². The normalized spacial score (nSPS) is 47.8. The zero-order valence-corrected chi connectivity index (χ0v) is 30.8. The zero-order chi connectivity index (χ0) is 35.3. The highest BCUT2D eigenvalue weighted by Gasteiger charge is 2.57. The van der Waals surface area contributed by atoms with Gasteiger partial charge in [-0.3, -0.25) is 9.59 Å². The molecule has 50 heavy (non-hydrogen) atoms. The molecule has 0 aromatic carbocycles. The van der Waals surface area contributed by atoms with Gasteiger partial charge in [-0.1, -0.05) is 53.4 Å². The molecule has 10 heteroatoms. The van der Waals surface area contributed by atoms with Gasteiger partial charge in [0.25, 0.3) is 0 Å². The van der Waals surface area contributed by atoms with E-state index < -0.39 is 36.0 Å².